The largest absolute Gasteiger partial charge is 0.618 e. The monoisotopic (exact) mass is 1070 g/mol. The average Bonchev–Trinajstić information content (AvgIpc) is 3.19. The molecule has 0 saturated carbocycles. The predicted octanol–water partition coefficient (Wildman–Crippen LogP) is 13.5. The van der Waals surface area contributed by atoms with Gasteiger partial charge in [0, 0.05) is 33.4 Å². The van der Waals surface area contributed by atoms with Crippen LogP contribution in [0.3, 0.4) is 0 Å². The zero-order chi connectivity index (χ0) is 52.7. The van der Waals surface area contributed by atoms with E-state index in [-0.39, 0.29) is 0 Å². The number of alkyl halides is 24. The summed E-state index contributed by atoms with van der Waals surface area (Å²) < 4.78 is 366. The second-order valence-corrected chi connectivity index (χ2v) is 20.3. The Kier molecular flexibility index (Phi) is 13.8. The van der Waals surface area contributed by atoms with Crippen molar-refractivity contribution >= 4 is 35.5 Å². The first-order valence-corrected chi connectivity index (χ1v) is 21.7. The van der Waals surface area contributed by atoms with E-state index in [9.17, 15) is 111 Å². The molecule has 0 unspecified atom stereocenters. The van der Waals surface area contributed by atoms with Crippen LogP contribution in [0.1, 0.15) is 55.9 Å². The summed E-state index contributed by atoms with van der Waals surface area (Å²) in [6.45, 7) is 0. The first kappa shape index (κ1) is 54.5. The predicted molar refractivity (Wildman–Crippen MR) is 192 cm³/mol. The minimum Gasteiger partial charge on any atom is -0.618 e. The molecule has 0 spiro atoms. The molecule has 0 radical (unpaired) electrons. The van der Waals surface area contributed by atoms with Crippen LogP contribution in [0.5, 0.6) is 0 Å². The molecule has 0 aliphatic rings. The second kappa shape index (κ2) is 17.5. The highest BCUT2D eigenvalue weighted by atomic mass is 31.2. The molecule has 69 heavy (non-hydrogen) atoms. The summed E-state index contributed by atoms with van der Waals surface area (Å²) in [5, 5.41) is 6.71. The van der Waals surface area contributed by atoms with Gasteiger partial charge in [-0.05, 0) is 78.9 Å². The summed E-state index contributed by atoms with van der Waals surface area (Å²) in [6.07, 6.45) is -51.0. The van der Waals surface area contributed by atoms with Crippen molar-refractivity contribution in [1.29, 1.82) is 0 Å². The number of benzene rings is 4. The Morgan fingerprint density at radius 2 is 0.478 bits per heavy atom. The maximum absolute atomic E-state index is 15.1. The van der Waals surface area contributed by atoms with Crippen molar-refractivity contribution in [3.05, 3.63) is 152 Å². The third kappa shape index (κ3) is 12.0. The van der Waals surface area contributed by atoms with Crippen LogP contribution in [0.15, 0.2) is 91.0 Å². The summed E-state index contributed by atoms with van der Waals surface area (Å²) in [5.41, 5.74) is -21.9. The summed E-state index contributed by atoms with van der Waals surface area (Å²) in [4.78, 5) is 0. The minimum absolute atomic E-state index is 0.350. The number of hydrogen-bond donors (Lipinski definition) is 0. The molecule has 0 fully saturated rings. The van der Waals surface area contributed by atoms with Gasteiger partial charge in [-0.25, -0.2) is 0 Å². The maximum atomic E-state index is 15.1. The molecule has 376 valence electrons. The number of hydrogen-bond acceptors (Lipinski definition) is 3. The van der Waals surface area contributed by atoms with E-state index in [1.54, 1.807) is 0 Å². The van der Waals surface area contributed by atoms with Crippen molar-refractivity contribution in [1.82, 2.24) is 0 Å². The highest BCUT2D eigenvalue weighted by Gasteiger charge is 2.47. The fourth-order valence-electron chi connectivity index (χ4n) is 6.53. The molecule has 30 heteroatoms. The van der Waals surface area contributed by atoms with Crippen molar-refractivity contribution in [2.75, 3.05) is 0 Å². The fourth-order valence-corrected chi connectivity index (χ4v) is 12.0. The van der Waals surface area contributed by atoms with Gasteiger partial charge in [-0.1, -0.05) is 0 Å². The summed E-state index contributed by atoms with van der Waals surface area (Å²) >= 11 is 0. The quantitative estimate of drug-likeness (QED) is 0.0673. The van der Waals surface area contributed by atoms with E-state index in [0.717, 1.165) is 0 Å². The van der Waals surface area contributed by atoms with Crippen molar-refractivity contribution in [3.63, 3.8) is 0 Å². The Bertz CT molecular complexity index is 2390. The third-order valence-electron chi connectivity index (χ3n) is 9.83. The number of nitrogens with zero attached hydrogens (tertiary/aromatic N) is 1. The Balaban J connectivity index is 1.90. The lowest BCUT2D eigenvalue weighted by Gasteiger charge is -2.25. The normalized spacial score (nSPS) is 14.1. The zero-order valence-corrected chi connectivity index (χ0v) is 34.5. The molecule has 1 aromatic heterocycles. The van der Waals surface area contributed by atoms with Crippen LogP contribution in [0.2, 0.25) is 0 Å². The molecule has 0 aliphatic heterocycles. The fraction of sp³-hybridized carbons (Fsp3) is 0.256. The number of aromatic nitrogens is 1. The highest BCUT2D eigenvalue weighted by Crippen LogP contribution is 2.53. The van der Waals surface area contributed by atoms with E-state index < -0.39 is 231 Å². The van der Waals surface area contributed by atoms with E-state index >= 15 is 9.13 Å². The lowest BCUT2D eigenvalue weighted by Crippen LogP contribution is -2.39. The molecule has 0 N–H and O–H groups in total. The standard InChI is InChI=1S/C39H19F24NO3P2/c40-32(41,42)18-4-19(33(43,44)45)9-28(8-18)68(66,29-10-20(34(46,47)48)5-21(11-29)35(49,50)51)16-26-2-1-3-27(64(26)65)17-69(67,30-12-22(36(52,53)54)6-23(13-30)37(55,56)57)31-14-24(38(58,59)60)7-25(15-31)39(61,62)63/h1-15H,16-17H2. The van der Waals surface area contributed by atoms with Crippen molar-refractivity contribution in [3.8, 4) is 0 Å². The SMILES string of the molecule is O=P(Cc1cccc(CP(=O)(c2cc(C(F)(F)F)cc(C(F)(F)F)c2)c2cc(C(F)(F)F)cc(C(F)(F)F)c2)[n+]1[O-])(c1cc(C(F)(F)F)cc(C(F)(F)F)c1)c1cc(C(F)(F)F)cc(C(F)(F)F)c1. The Labute approximate surface area is 368 Å². The van der Waals surface area contributed by atoms with E-state index in [4.69, 9.17) is 0 Å². The zero-order valence-electron chi connectivity index (χ0n) is 32.7. The van der Waals surface area contributed by atoms with Crippen molar-refractivity contribution in [2.45, 2.75) is 61.7 Å². The molecule has 0 atom stereocenters. The van der Waals surface area contributed by atoms with E-state index in [1.165, 1.54) is 0 Å². The lowest BCUT2D eigenvalue weighted by molar-refractivity contribution is -0.620. The molecule has 5 aromatic rings. The molecular weight excluding hydrogens is 1050 g/mol. The van der Waals surface area contributed by atoms with Gasteiger partial charge >= 0.3 is 49.4 Å². The Morgan fingerprint density at radius 3 is 0.623 bits per heavy atom. The molecule has 0 saturated heterocycles. The number of halogens is 24. The van der Waals surface area contributed by atoms with Gasteiger partial charge in [-0.2, -0.15) is 110 Å². The first-order chi connectivity index (χ1) is 30.8. The molecular formula is C39H19F24NO3P2. The molecule has 0 aliphatic carbocycles. The van der Waals surface area contributed by atoms with Gasteiger partial charge in [0.15, 0.2) is 14.3 Å². The average molecular weight is 1070 g/mol. The molecule has 4 aromatic carbocycles. The van der Waals surface area contributed by atoms with Gasteiger partial charge in [-0.3, -0.25) is 0 Å². The van der Waals surface area contributed by atoms with E-state index in [2.05, 4.69) is 0 Å². The Hall–Kier alpha value is -5.39. The van der Waals surface area contributed by atoms with Gasteiger partial charge in [0.05, 0.1) is 56.8 Å². The van der Waals surface area contributed by atoms with Crippen LogP contribution in [0.25, 0.3) is 0 Å². The van der Waals surface area contributed by atoms with Gasteiger partial charge in [0.25, 0.3) is 0 Å². The van der Waals surface area contributed by atoms with Crippen molar-refractivity contribution in [2.24, 2.45) is 0 Å². The smallest absolute Gasteiger partial charge is 0.416 e. The van der Waals surface area contributed by atoms with Gasteiger partial charge in [0.1, 0.15) is 0 Å². The topological polar surface area (TPSA) is 61.1 Å². The lowest BCUT2D eigenvalue weighted by atomic mass is 10.1. The van der Waals surface area contributed by atoms with Gasteiger partial charge < -0.3 is 14.3 Å². The molecule has 5 rings (SSSR count). The maximum Gasteiger partial charge on any atom is 0.416 e. The van der Waals surface area contributed by atoms with Gasteiger partial charge in [0.2, 0.25) is 11.4 Å². The summed E-state index contributed by atoms with van der Waals surface area (Å²) in [6, 6.07) is -4.59. The molecule has 0 bridgehead atoms. The molecule has 0 amide bonds. The summed E-state index contributed by atoms with van der Waals surface area (Å²) in [5.74, 6) is 0. The molecule has 4 nitrogen and oxygen atoms in total. The van der Waals surface area contributed by atoms with E-state index in [0.29, 0.717) is 18.2 Å². The Morgan fingerprint density at radius 1 is 0.319 bits per heavy atom. The number of rotatable bonds is 8. The summed E-state index contributed by atoms with van der Waals surface area (Å²) in [7, 11) is -12.3. The van der Waals surface area contributed by atoms with Crippen LogP contribution in [0.4, 0.5) is 105 Å². The van der Waals surface area contributed by atoms with E-state index in [1.807, 2.05) is 0 Å². The van der Waals surface area contributed by atoms with Crippen LogP contribution in [0, 0.1) is 5.21 Å². The highest BCUT2D eigenvalue weighted by molar-refractivity contribution is 7.78. The van der Waals surface area contributed by atoms with Crippen LogP contribution in [-0.2, 0) is 70.9 Å². The van der Waals surface area contributed by atoms with Crippen LogP contribution >= 0.6 is 14.3 Å². The second-order valence-electron chi connectivity index (χ2n) is 14.7. The van der Waals surface area contributed by atoms with Crippen molar-refractivity contribution < 1.29 is 119 Å². The van der Waals surface area contributed by atoms with Crippen LogP contribution < -0.4 is 25.9 Å². The first-order valence-electron chi connectivity index (χ1n) is 17.9. The number of pyridine rings is 1. The van der Waals surface area contributed by atoms with Crippen LogP contribution in [-0.4, -0.2) is 0 Å². The van der Waals surface area contributed by atoms with Gasteiger partial charge in [-0.15, -0.1) is 0 Å². The minimum atomic E-state index is -6.14. The molecule has 1 heterocycles. The third-order valence-corrected chi connectivity index (χ3v) is 15.7.